The highest BCUT2D eigenvalue weighted by Crippen LogP contribution is 2.12. The molecule has 4 heteroatoms. The number of hydrogen-bond donors (Lipinski definition) is 0. The van der Waals surface area contributed by atoms with Crippen LogP contribution < -0.4 is 0 Å². The van der Waals surface area contributed by atoms with Crippen molar-refractivity contribution in [2.75, 3.05) is 0 Å². The molecule has 1 heterocycles. The van der Waals surface area contributed by atoms with Gasteiger partial charge in [-0.25, -0.2) is 4.68 Å². The van der Waals surface area contributed by atoms with Gasteiger partial charge in [-0.15, -0.1) is 5.10 Å². The van der Waals surface area contributed by atoms with E-state index < -0.39 is 0 Å². The van der Waals surface area contributed by atoms with Crippen molar-refractivity contribution in [1.29, 1.82) is 0 Å². The van der Waals surface area contributed by atoms with Gasteiger partial charge < -0.3 is 0 Å². The zero-order chi connectivity index (χ0) is 9.10. The van der Waals surface area contributed by atoms with Crippen LogP contribution in [0.3, 0.4) is 0 Å². The fourth-order valence-electron chi connectivity index (χ4n) is 1.30. The highest BCUT2D eigenvalue weighted by molar-refractivity contribution is 5.39. The minimum absolute atomic E-state index is 0.982. The van der Waals surface area contributed by atoms with E-state index in [-0.39, 0.29) is 0 Å². The Morgan fingerprint density at radius 2 is 2.15 bits per heavy atom. The van der Waals surface area contributed by atoms with Crippen LogP contribution in [0, 0.1) is 0 Å². The Hall–Kier alpha value is -1.71. The van der Waals surface area contributed by atoms with Gasteiger partial charge in [0.2, 0.25) is 0 Å². The van der Waals surface area contributed by atoms with E-state index in [4.69, 9.17) is 0 Å². The molecule has 4 nitrogen and oxygen atoms in total. The number of rotatable bonds is 2. The molecule has 0 unspecified atom stereocenters. The van der Waals surface area contributed by atoms with E-state index in [9.17, 15) is 0 Å². The van der Waals surface area contributed by atoms with Crippen molar-refractivity contribution in [2.24, 2.45) is 0 Å². The molecule has 1 aromatic heterocycles. The van der Waals surface area contributed by atoms with Crippen molar-refractivity contribution in [3.8, 4) is 5.69 Å². The summed E-state index contributed by atoms with van der Waals surface area (Å²) in [5, 5.41) is 11.1. The molecule has 0 amide bonds. The first kappa shape index (κ1) is 7.91. The molecular formula is C9H10N4. The summed E-state index contributed by atoms with van der Waals surface area (Å²) in [6.45, 7) is 2.11. The zero-order valence-corrected chi connectivity index (χ0v) is 7.38. The lowest BCUT2D eigenvalue weighted by molar-refractivity contribution is 0.781. The Morgan fingerprint density at radius 1 is 1.31 bits per heavy atom. The van der Waals surface area contributed by atoms with Gasteiger partial charge in [0.15, 0.2) is 0 Å². The fourth-order valence-corrected chi connectivity index (χ4v) is 1.30. The van der Waals surface area contributed by atoms with E-state index in [1.54, 1.807) is 11.0 Å². The van der Waals surface area contributed by atoms with E-state index in [1.807, 2.05) is 18.2 Å². The standard InChI is InChI=1S/C9H10N4/c1-2-8-5-3-4-6-9(8)13-7-10-11-12-13/h3-7H,2H2,1H3. The summed E-state index contributed by atoms with van der Waals surface area (Å²) < 4.78 is 1.68. The molecule has 0 aliphatic carbocycles. The monoisotopic (exact) mass is 174 g/mol. The third kappa shape index (κ3) is 1.42. The van der Waals surface area contributed by atoms with Gasteiger partial charge in [0.25, 0.3) is 0 Å². The fraction of sp³-hybridized carbons (Fsp3) is 0.222. The van der Waals surface area contributed by atoms with Crippen LogP contribution >= 0.6 is 0 Å². The summed E-state index contributed by atoms with van der Waals surface area (Å²) in [6.07, 6.45) is 2.59. The molecule has 1 aromatic carbocycles. The quantitative estimate of drug-likeness (QED) is 0.687. The zero-order valence-electron chi connectivity index (χ0n) is 7.38. The molecule has 2 rings (SSSR count). The van der Waals surface area contributed by atoms with E-state index in [1.165, 1.54) is 5.56 Å². The number of tetrazole rings is 1. The van der Waals surface area contributed by atoms with Crippen molar-refractivity contribution in [1.82, 2.24) is 20.2 Å². The van der Waals surface area contributed by atoms with Gasteiger partial charge in [-0.3, -0.25) is 0 Å². The molecule has 66 valence electrons. The Kier molecular flexibility index (Phi) is 2.04. The van der Waals surface area contributed by atoms with Gasteiger partial charge in [-0.1, -0.05) is 25.1 Å². The van der Waals surface area contributed by atoms with Crippen LogP contribution in [0.2, 0.25) is 0 Å². The maximum atomic E-state index is 3.85. The van der Waals surface area contributed by atoms with E-state index >= 15 is 0 Å². The predicted octanol–water partition coefficient (Wildman–Crippen LogP) is 1.22. The third-order valence-corrected chi connectivity index (χ3v) is 1.97. The number of hydrogen-bond acceptors (Lipinski definition) is 3. The second-order valence-corrected chi connectivity index (χ2v) is 2.74. The summed E-state index contributed by atoms with van der Waals surface area (Å²) >= 11 is 0. The van der Waals surface area contributed by atoms with Gasteiger partial charge in [0.05, 0.1) is 5.69 Å². The highest BCUT2D eigenvalue weighted by atomic mass is 15.5. The maximum Gasteiger partial charge on any atom is 0.143 e. The van der Waals surface area contributed by atoms with Gasteiger partial charge >= 0.3 is 0 Å². The second kappa shape index (κ2) is 3.35. The molecular weight excluding hydrogens is 164 g/mol. The van der Waals surface area contributed by atoms with Crippen LogP contribution in [-0.2, 0) is 6.42 Å². The summed E-state index contributed by atoms with van der Waals surface area (Å²) in [4.78, 5) is 0. The van der Waals surface area contributed by atoms with Crippen LogP contribution in [0.15, 0.2) is 30.6 Å². The SMILES string of the molecule is CCc1ccccc1-n1cnnn1. The van der Waals surface area contributed by atoms with Crippen molar-refractivity contribution < 1.29 is 0 Å². The number of benzene rings is 1. The third-order valence-electron chi connectivity index (χ3n) is 1.97. The molecule has 0 aliphatic heterocycles. The topological polar surface area (TPSA) is 43.6 Å². The number of aromatic nitrogens is 4. The van der Waals surface area contributed by atoms with Gasteiger partial charge in [0, 0.05) is 0 Å². The van der Waals surface area contributed by atoms with Crippen molar-refractivity contribution in [2.45, 2.75) is 13.3 Å². The van der Waals surface area contributed by atoms with E-state index in [2.05, 4.69) is 28.5 Å². The summed E-state index contributed by atoms with van der Waals surface area (Å²) in [5.41, 5.74) is 2.30. The summed E-state index contributed by atoms with van der Waals surface area (Å²) in [7, 11) is 0. The average molecular weight is 174 g/mol. The number of para-hydroxylation sites is 1. The Morgan fingerprint density at radius 3 is 2.85 bits per heavy atom. The lowest BCUT2D eigenvalue weighted by Gasteiger charge is -2.04. The molecule has 0 bridgehead atoms. The molecule has 0 radical (unpaired) electrons. The smallest absolute Gasteiger partial charge is 0.143 e. The van der Waals surface area contributed by atoms with Crippen LogP contribution in [0.1, 0.15) is 12.5 Å². The maximum absolute atomic E-state index is 3.85. The second-order valence-electron chi connectivity index (χ2n) is 2.74. The normalized spacial score (nSPS) is 10.2. The highest BCUT2D eigenvalue weighted by Gasteiger charge is 2.01. The lowest BCUT2D eigenvalue weighted by Crippen LogP contribution is -1.99. The van der Waals surface area contributed by atoms with Crippen molar-refractivity contribution >= 4 is 0 Å². The van der Waals surface area contributed by atoms with E-state index in [0.717, 1.165) is 12.1 Å². The molecule has 0 saturated heterocycles. The van der Waals surface area contributed by atoms with Gasteiger partial charge in [-0.05, 0) is 28.5 Å². The minimum Gasteiger partial charge on any atom is -0.200 e. The first-order chi connectivity index (χ1) is 6.42. The number of nitrogens with zero attached hydrogens (tertiary/aromatic N) is 4. The Balaban J connectivity index is 2.51. The van der Waals surface area contributed by atoms with Crippen LogP contribution in [0.5, 0.6) is 0 Å². The van der Waals surface area contributed by atoms with Crippen LogP contribution in [0.25, 0.3) is 5.69 Å². The van der Waals surface area contributed by atoms with Gasteiger partial charge in [0.1, 0.15) is 6.33 Å². The molecule has 2 aromatic rings. The molecule has 0 spiro atoms. The van der Waals surface area contributed by atoms with Crippen molar-refractivity contribution in [3.05, 3.63) is 36.2 Å². The van der Waals surface area contributed by atoms with E-state index in [0.29, 0.717) is 0 Å². The molecule has 0 aliphatic rings. The summed E-state index contributed by atoms with van der Waals surface area (Å²) in [5.74, 6) is 0. The Labute approximate surface area is 76.2 Å². The van der Waals surface area contributed by atoms with Crippen LogP contribution in [-0.4, -0.2) is 20.2 Å². The largest absolute Gasteiger partial charge is 0.200 e. The molecule has 13 heavy (non-hydrogen) atoms. The number of aryl methyl sites for hydroxylation is 1. The average Bonchev–Trinajstić information content (AvgIpc) is 2.70. The summed E-state index contributed by atoms with van der Waals surface area (Å²) in [6, 6.07) is 8.09. The predicted molar refractivity (Wildman–Crippen MR) is 48.5 cm³/mol. The van der Waals surface area contributed by atoms with Crippen LogP contribution in [0.4, 0.5) is 0 Å². The Bertz CT molecular complexity index is 380. The molecule has 0 atom stereocenters. The molecule has 0 N–H and O–H groups in total. The minimum atomic E-state index is 0.982. The van der Waals surface area contributed by atoms with Crippen molar-refractivity contribution in [3.63, 3.8) is 0 Å². The lowest BCUT2D eigenvalue weighted by atomic mass is 10.1. The molecule has 0 fully saturated rings. The van der Waals surface area contributed by atoms with Gasteiger partial charge in [-0.2, -0.15) is 0 Å². The first-order valence-corrected chi connectivity index (χ1v) is 4.23. The molecule has 0 saturated carbocycles. The first-order valence-electron chi connectivity index (χ1n) is 4.23.